The predicted molar refractivity (Wildman–Crippen MR) is 139 cm³/mol. The molecule has 34 heavy (non-hydrogen) atoms. The Hall–Kier alpha value is -1.58. The van der Waals surface area contributed by atoms with Gasteiger partial charge in [-0.25, -0.2) is 0 Å². The standard InChI is InChI=1S/C25H47N3O5S/c1-9-10-11-12-21(29)28-22(17(4)5)25(32)26-19(13-14-34(8)33)24(31)27-20(15-16(2)3)23(30)18(6)7/h16-17,19-20,22,24,27,31H,6,9-15H2,1-5,7-8H3,(H,26,32)(H,28,29). The zero-order valence-corrected chi connectivity index (χ0v) is 22.9. The third kappa shape index (κ3) is 13.3. The molecule has 0 saturated heterocycles. The number of hydrogen-bond donors (Lipinski definition) is 4. The molecule has 8 nitrogen and oxygen atoms in total. The molecular formula is C25H47N3O5S. The van der Waals surface area contributed by atoms with Gasteiger partial charge in [0.15, 0.2) is 5.78 Å². The van der Waals surface area contributed by atoms with Crippen LogP contribution in [-0.2, 0) is 25.2 Å². The normalized spacial score (nSPS) is 15.9. The van der Waals surface area contributed by atoms with Gasteiger partial charge in [0.25, 0.3) is 0 Å². The molecule has 0 spiro atoms. The van der Waals surface area contributed by atoms with E-state index < -0.39 is 41.1 Å². The van der Waals surface area contributed by atoms with E-state index in [2.05, 4.69) is 29.5 Å². The zero-order chi connectivity index (χ0) is 26.4. The number of hydrogen-bond acceptors (Lipinski definition) is 6. The molecule has 2 amide bonds. The Kier molecular flexibility index (Phi) is 16.2. The molecule has 0 heterocycles. The van der Waals surface area contributed by atoms with Crippen molar-refractivity contribution in [1.29, 1.82) is 0 Å². The Morgan fingerprint density at radius 3 is 2.15 bits per heavy atom. The Morgan fingerprint density at radius 1 is 1.06 bits per heavy atom. The highest BCUT2D eigenvalue weighted by Gasteiger charge is 2.31. The highest BCUT2D eigenvalue weighted by atomic mass is 32.2. The maximum Gasteiger partial charge on any atom is 0.243 e. The van der Waals surface area contributed by atoms with Crippen molar-refractivity contribution in [3.05, 3.63) is 12.2 Å². The molecule has 5 unspecified atom stereocenters. The van der Waals surface area contributed by atoms with Gasteiger partial charge in [0, 0.05) is 29.2 Å². The lowest BCUT2D eigenvalue weighted by molar-refractivity contribution is -0.131. The minimum Gasteiger partial charge on any atom is -0.376 e. The van der Waals surface area contributed by atoms with Gasteiger partial charge in [0.05, 0.1) is 12.1 Å². The second-order valence-electron chi connectivity index (χ2n) is 9.87. The molecule has 0 aromatic heterocycles. The molecule has 4 N–H and O–H groups in total. The molecule has 0 rings (SSSR count). The van der Waals surface area contributed by atoms with E-state index in [-0.39, 0.29) is 35.7 Å². The van der Waals surface area contributed by atoms with E-state index >= 15 is 0 Å². The van der Waals surface area contributed by atoms with Gasteiger partial charge in [-0.2, -0.15) is 0 Å². The van der Waals surface area contributed by atoms with Crippen LogP contribution < -0.4 is 16.0 Å². The van der Waals surface area contributed by atoms with Crippen molar-refractivity contribution in [2.45, 2.75) is 104 Å². The first-order valence-electron chi connectivity index (χ1n) is 12.3. The van der Waals surface area contributed by atoms with Crippen LogP contribution in [0.1, 0.15) is 80.1 Å². The van der Waals surface area contributed by atoms with Gasteiger partial charge in [-0.05, 0) is 43.6 Å². The van der Waals surface area contributed by atoms with Gasteiger partial charge in [-0.3, -0.25) is 23.9 Å². The minimum atomic E-state index is -1.24. The summed E-state index contributed by atoms with van der Waals surface area (Å²) >= 11 is 0. The number of ketones is 1. The predicted octanol–water partition coefficient (Wildman–Crippen LogP) is 2.43. The van der Waals surface area contributed by atoms with Crippen molar-refractivity contribution in [2.24, 2.45) is 11.8 Å². The smallest absolute Gasteiger partial charge is 0.243 e. The van der Waals surface area contributed by atoms with Crippen LogP contribution in [-0.4, -0.2) is 63.3 Å². The summed E-state index contributed by atoms with van der Waals surface area (Å²) in [6.45, 7) is 15.0. The SMILES string of the molecule is C=C(C)C(=O)C(CC(C)C)NC(O)C(CCS(C)=O)NC(=O)C(NC(=O)CCCCC)C(C)C. The number of aliphatic hydroxyl groups is 1. The van der Waals surface area contributed by atoms with E-state index in [0.29, 0.717) is 18.4 Å². The average Bonchev–Trinajstić information content (AvgIpc) is 2.72. The molecule has 5 atom stereocenters. The van der Waals surface area contributed by atoms with E-state index in [0.717, 1.165) is 19.3 Å². The second-order valence-corrected chi connectivity index (χ2v) is 11.4. The van der Waals surface area contributed by atoms with Crippen molar-refractivity contribution in [2.75, 3.05) is 12.0 Å². The van der Waals surface area contributed by atoms with Crippen LogP contribution in [0.15, 0.2) is 12.2 Å². The Bertz CT molecular complexity index is 696. The number of carbonyl (C=O) groups is 3. The summed E-state index contributed by atoms with van der Waals surface area (Å²) in [5, 5.41) is 19.5. The first-order chi connectivity index (χ1) is 15.8. The number of carbonyl (C=O) groups excluding carboxylic acids is 3. The molecule has 0 aromatic rings. The van der Waals surface area contributed by atoms with E-state index in [1.54, 1.807) is 13.2 Å². The molecule has 0 bridgehead atoms. The van der Waals surface area contributed by atoms with Gasteiger partial charge in [0.1, 0.15) is 12.3 Å². The van der Waals surface area contributed by atoms with Crippen molar-refractivity contribution in [1.82, 2.24) is 16.0 Å². The third-order valence-electron chi connectivity index (χ3n) is 5.51. The lowest BCUT2D eigenvalue weighted by Gasteiger charge is -2.31. The number of amides is 2. The summed E-state index contributed by atoms with van der Waals surface area (Å²) < 4.78 is 11.7. The van der Waals surface area contributed by atoms with Crippen LogP contribution in [0.25, 0.3) is 0 Å². The van der Waals surface area contributed by atoms with Crippen molar-refractivity contribution >= 4 is 28.4 Å². The molecule has 0 aliphatic heterocycles. The zero-order valence-electron chi connectivity index (χ0n) is 22.1. The lowest BCUT2D eigenvalue weighted by atomic mass is 9.96. The molecule has 0 saturated carbocycles. The summed E-state index contributed by atoms with van der Waals surface area (Å²) in [6.07, 6.45) is 4.10. The number of nitrogens with one attached hydrogen (secondary N) is 3. The summed E-state index contributed by atoms with van der Waals surface area (Å²) in [6, 6.07) is -2.21. The maximum atomic E-state index is 13.1. The summed E-state index contributed by atoms with van der Waals surface area (Å²) in [7, 11) is -1.13. The monoisotopic (exact) mass is 501 g/mol. The second kappa shape index (κ2) is 16.9. The van der Waals surface area contributed by atoms with Gasteiger partial charge in [0.2, 0.25) is 11.8 Å². The molecule has 0 aromatic carbocycles. The minimum absolute atomic E-state index is 0.167. The van der Waals surface area contributed by atoms with Crippen LogP contribution in [0.4, 0.5) is 0 Å². The number of Topliss-reactive ketones (excluding diaryl/α,β-unsaturated/α-hetero) is 1. The van der Waals surface area contributed by atoms with Crippen molar-refractivity contribution in [3.8, 4) is 0 Å². The van der Waals surface area contributed by atoms with E-state index in [4.69, 9.17) is 0 Å². The van der Waals surface area contributed by atoms with Crippen LogP contribution in [0.2, 0.25) is 0 Å². The molecule has 0 aliphatic rings. The molecule has 0 aliphatic carbocycles. The fourth-order valence-electron chi connectivity index (χ4n) is 3.53. The van der Waals surface area contributed by atoms with Gasteiger partial charge in [-0.15, -0.1) is 0 Å². The number of rotatable bonds is 18. The largest absolute Gasteiger partial charge is 0.376 e. The Labute approximate surface area is 208 Å². The van der Waals surface area contributed by atoms with Crippen LogP contribution in [0, 0.1) is 11.8 Å². The van der Waals surface area contributed by atoms with Crippen LogP contribution in [0.5, 0.6) is 0 Å². The van der Waals surface area contributed by atoms with Crippen molar-refractivity contribution < 1.29 is 23.7 Å². The van der Waals surface area contributed by atoms with E-state index in [1.807, 2.05) is 27.7 Å². The van der Waals surface area contributed by atoms with E-state index in [9.17, 15) is 23.7 Å². The Morgan fingerprint density at radius 2 is 1.68 bits per heavy atom. The topological polar surface area (TPSA) is 125 Å². The third-order valence-corrected chi connectivity index (χ3v) is 6.32. The average molecular weight is 502 g/mol. The quantitative estimate of drug-likeness (QED) is 0.130. The molecule has 198 valence electrons. The number of aliphatic hydroxyl groups excluding tert-OH is 1. The van der Waals surface area contributed by atoms with Gasteiger partial charge < -0.3 is 15.7 Å². The summed E-state index contributed by atoms with van der Waals surface area (Å²) in [4.78, 5) is 38.0. The summed E-state index contributed by atoms with van der Waals surface area (Å²) in [5.41, 5.74) is 0.381. The fraction of sp³-hybridized carbons (Fsp3) is 0.800. The number of unbranched alkanes of at least 4 members (excludes halogenated alkanes) is 2. The highest BCUT2D eigenvalue weighted by Crippen LogP contribution is 2.12. The van der Waals surface area contributed by atoms with Gasteiger partial charge in [-0.1, -0.05) is 54.0 Å². The van der Waals surface area contributed by atoms with Crippen LogP contribution >= 0.6 is 0 Å². The molecule has 9 heteroatoms. The van der Waals surface area contributed by atoms with Gasteiger partial charge >= 0.3 is 0 Å². The summed E-state index contributed by atoms with van der Waals surface area (Å²) in [5.74, 6) is -0.508. The van der Waals surface area contributed by atoms with Crippen LogP contribution in [0.3, 0.4) is 0 Å². The Balaban J connectivity index is 5.50. The first-order valence-corrected chi connectivity index (χ1v) is 14.1. The fourth-order valence-corrected chi connectivity index (χ4v) is 4.12. The first kappa shape index (κ1) is 32.4. The van der Waals surface area contributed by atoms with Crippen molar-refractivity contribution in [3.63, 3.8) is 0 Å². The molecular weight excluding hydrogens is 454 g/mol. The molecule has 0 radical (unpaired) electrons. The molecule has 0 fully saturated rings. The highest BCUT2D eigenvalue weighted by molar-refractivity contribution is 7.84. The lowest BCUT2D eigenvalue weighted by Crippen LogP contribution is -2.59. The maximum absolute atomic E-state index is 13.1. The van der Waals surface area contributed by atoms with E-state index in [1.165, 1.54) is 0 Å².